The van der Waals surface area contributed by atoms with Crippen LogP contribution in [0, 0.1) is 17.5 Å². The number of rotatable bonds is 3. The molecule has 1 heterocycles. The van der Waals surface area contributed by atoms with E-state index >= 15 is 0 Å². The second kappa shape index (κ2) is 5.91. The molecule has 1 aromatic heterocycles. The Hall–Kier alpha value is -3.16. The molecule has 0 atom stereocenters. The molecular weight excluding hydrogens is 311 g/mol. The number of halogens is 3. The van der Waals surface area contributed by atoms with Crippen LogP contribution < -0.4 is 5.32 Å². The van der Waals surface area contributed by atoms with Crippen LogP contribution in [-0.4, -0.2) is 16.1 Å². The second-order valence-corrected chi connectivity index (χ2v) is 4.47. The molecule has 0 saturated carbocycles. The molecule has 1 amide bonds. The molecule has 3 aromatic rings. The summed E-state index contributed by atoms with van der Waals surface area (Å²) in [5, 5.41) is 9.16. The van der Waals surface area contributed by atoms with Crippen molar-refractivity contribution in [3.8, 4) is 11.5 Å². The fourth-order valence-electron chi connectivity index (χ4n) is 1.81. The predicted octanol–water partition coefficient (Wildman–Crippen LogP) is 3.41. The van der Waals surface area contributed by atoms with Crippen molar-refractivity contribution < 1.29 is 22.4 Å². The summed E-state index contributed by atoms with van der Waals surface area (Å²) in [5.41, 5.74) is -0.214. The highest BCUT2D eigenvalue weighted by atomic mass is 19.1. The van der Waals surface area contributed by atoms with Gasteiger partial charge >= 0.3 is 11.8 Å². The Labute approximate surface area is 127 Å². The molecule has 0 aliphatic heterocycles. The lowest BCUT2D eigenvalue weighted by atomic mass is 10.2. The lowest BCUT2D eigenvalue weighted by Gasteiger charge is -2.04. The third kappa shape index (κ3) is 3.05. The minimum Gasteiger partial charge on any atom is -0.412 e. The van der Waals surface area contributed by atoms with E-state index in [0.29, 0.717) is 5.56 Å². The Bertz CT molecular complexity index is 842. The van der Waals surface area contributed by atoms with Crippen LogP contribution in [0.25, 0.3) is 11.5 Å². The standard InChI is InChI=1S/C15H8F3N3O2/c16-9-6-4-8(5-7-9)14-20-21-15(23-14)13(22)19-12-10(17)2-1-3-11(12)18/h1-7H,(H,19,22). The van der Waals surface area contributed by atoms with E-state index in [4.69, 9.17) is 4.42 Å². The van der Waals surface area contributed by atoms with E-state index in [9.17, 15) is 18.0 Å². The van der Waals surface area contributed by atoms with Crippen molar-refractivity contribution in [2.24, 2.45) is 0 Å². The smallest absolute Gasteiger partial charge is 0.313 e. The molecule has 23 heavy (non-hydrogen) atoms. The number of aromatic nitrogens is 2. The van der Waals surface area contributed by atoms with Gasteiger partial charge in [0.05, 0.1) is 0 Å². The van der Waals surface area contributed by atoms with E-state index in [1.807, 2.05) is 5.32 Å². The molecule has 0 spiro atoms. The third-order valence-corrected chi connectivity index (χ3v) is 2.91. The zero-order chi connectivity index (χ0) is 16.4. The lowest BCUT2D eigenvalue weighted by molar-refractivity contribution is 0.0989. The summed E-state index contributed by atoms with van der Waals surface area (Å²) < 4.78 is 44.9. The maximum Gasteiger partial charge on any atom is 0.313 e. The summed E-state index contributed by atoms with van der Waals surface area (Å²) in [6.45, 7) is 0. The van der Waals surface area contributed by atoms with Crippen LogP contribution in [0.4, 0.5) is 18.9 Å². The first-order valence-electron chi connectivity index (χ1n) is 6.39. The number of nitrogens with zero attached hydrogens (tertiary/aromatic N) is 2. The molecular formula is C15H8F3N3O2. The molecule has 116 valence electrons. The third-order valence-electron chi connectivity index (χ3n) is 2.91. The lowest BCUT2D eigenvalue weighted by Crippen LogP contribution is -2.14. The van der Waals surface area contributed by atoms with Crippen LogP contribution in [0.3, 0.4) is 0 Å². The second-order valence-electron chi connectivity index (χ2n) is 4.47. The van der Waals surface area contributed by atoms with Crippen molar-refractivity contribution in [2.45, 2.75) is 0 Å². The maximum absolute atomic E-state index is 13.5. The predicted molar refractivity (Wildman–Crippen MR) is 74.0 cm³/mol. The van der Waals surface area contributed by atoms with Gasteiger partial charge in [-0.2, -0.15) is 0 Å². The SMILES string of the molecule is O=C(Nc1c(F)cccc1F)c1nnc(-c2ccc(F)cc2)o1. The first kappa shape index (κ1) is 14.8. The molecule has 2 aromatic carbocycles. The average Bonchev–Trinajstić information content (AvgIpc) is 3.02. The highest BCUT2D eigenvalue weighted by Gasteiger charge is 2.19. The minimum absolute atomic E-state index is 0.0239. The summed E-state index contributed by atoms with van der Waals surface area (Å²) in [6.07, 6.45) is 0. The van der Waals surface area contributed by atoms with Crippen molar-refractivity contribution in [3.63, 3.8) is 0 Å². The Morgan fingerprint density at radius 1 is 0.957 bits per heavy atom. The van der Waals surface area contributed by atoms with Gasteiger partial charge in [0.1, 0.15) is 23.1 Å². The Kier molecular flexibility index (Phi) is 3.80. The van der Waals surface area contributed by atoms with Gasteiger partial charge in [-0.15, -0.1) is 10.2 Å². The van der Waals surface area contributed by atoms with E-state index in [0.717, 1.165) is 12.1 Å². The molecule has 0 radical (unpaired) electrons. The van der Waals surface area contributed by atoms with Crippen molar-refractivity contribution in [2.75, 3.05) is 5.32 Å². The van der Waals surface area contributed by atoms with Crippen molar-refractivity contribution in [1.29, 1.82) is 0 Å². The van der Waals surface area contributed by atoms with Gasteiger partial charge < -0.3 is 9.73 Å². The number of carbonyl (C=O) groups is 1. The molecule has 0 bridgehead atoms. The monoisotopic (exact) mass is 319 g/mol. The number of hydrogen-bond donors (Lipinski definition) is 1. The van der Waals surface area contributed by atoms with Gasteiger partial charge in [-0.25, -0.2) is 13.2 Å². The first-order chi connectivity index (χ1) is 11.0. The zero-order valence-electron chi connectivity index (χ0n) is 11.4. The number of hydrogen-bond acceptors (Lipinski definition) is 4. The fraction of sp³-hybridized carbons (Fsp3) is 0. The van der Waals surface area contributed by atoms with Crippen LogP contribution in [-0.2, 0) is 0 Å². The van der Waals surface area contributed by atoms with E-state index in [-0.39, 0.29) is 5.89 Å². The van der Waals surface area contributed by atoms with E-state index in [2.05, 4.69) is 10.2 Å². The number of para-hydroxylation sites is 1. The normalized spacial score (nSPS) is 10.6. The van der Waals surface area contributed by atoms with E-state index < -0.39 is 34.9 Å². The molecule has 0 unspecified atom stereocenters. The van der Waals surface area contributed by atoms with E-state index in [1.54, 1.807) is 0 Å². The summed E-state index contributed by atoms with van der Waals surface area (Å²) in [6, 6.07) is 8.32. The van der Waals surface area contributed by atoms with Crippen LogP contribution in [0.5, 0.6) is 0 Å². The number of nitrogens with one attached hydrogen (secondary N) is 1. The topological polar surface area (TPSA) is 68.0 Å². The Morgan fingerprint density at radius 2 is 1.61 bits per heavy atom. The Balaban J connectivity index is 1.83. The van der Waals surface area contributed by atoms with Gasteiger partial charge in [0, 0.05) is 5.56 Å². The molecule has 0 saturated heterocycles. The van der Waals surface area contributed by atoms with Crippen LogP contribution in [0.2, 0.25) is 0 Å². The van der Waals surface area contributed by atoms with E-state index in [1.165, 1.54) is 30.3 Å². The molecule has 1 N–H and O–H groups in total. The maximum atomic E-state index is 13.5. The van der Waals surface area contributed by atoms with Crippen molar-refractivity contribution in [3.05, 3.63) is 65.8 Å². The summed E-state index contributed by atoms with van der Waals surface area (Å²) >= 11 is 0. The summed E-state index contributed by atoms with van der Waals surface area (Å²) in [5.74, 6) is -3.78. The molecule has 3 rings (SSSR count). The molecule has 8 heteroatoms. The van der Waals surface area contributed by atoms with Crippen LogP contribution in [0.1, 0.15) is 10.7 Å². The van der Waals surface area contributed by atoms with Gasteiger partial charge in [0.2, 0.25) is 5.89 Å². The molecule has 5 nitrogen and oxygen atoms in total. The highest BCUT2D eigenvalue weighted by Crippen LogP contribution is 2.21. The number of carbonyl (C=O) groups excluding carboxylic acids is 1. The van der Waals surface area contributed by atoms with Crippen LogP contribution in [0.15, 0.2) is 46.9 Å². The van der Waals surface area contributed by atoms with Crippen LogP contribution >= 0.6 is 0 Å². The average molecular weight is 319 g/mol. The summed E-state index contributed by atoms with van der Waals surface area (Å²) in [4.78, 5) is 11.9. The largest absolute Gasteiger partial charge is 0.412 e. The number of amides is 1. The van der Waals surface area contributed by atoms with Gasteiger partial charge in [-0.05, 0) is 36.4 Å². The number of anilines is 1. The Morgan fingerprint density at radius 3 is 2.26 bits per heavy atom. The quantitative estimate of drug-likeness (QED) is 0.803. The van der Waals surface area contributed by atoms with Crippen molar-refractivity contribution in [1.82, 2.24) is 10.2 Å². The van der Waals surface area contributed by atoms with Gasteiger partial charge in [-0.3, -0.25) is 4.79 Å². The first-order valence-corrected chi connectivity index (χ1v) is 6.39. The van der Waals surface area contributed by atoms with Gasteiger partial charge in [0.15, 0.2) is 0 Å². The molecule has 0 aliphatic rings. The molecule has 0 fully saturated rings. The van der Waals surface area contributed by atoms with Gasteiger partial charge in [0.25, 0.3) is 0 Å². The molecule has 0 aliphatic carbocycles. The highest BCUT2D eigenvalue weighted by molar-refractivity contribution is 6.01. The number of benzene rings is 2. The van der Waals surface area contributed by atoms with Gasteiger partial charge in [-0.1, -0.05) is 6.07 Å². The zero-order valence-corrected chi connectivity index (χ0v) is 11.4. The van der Waals surface area contributed by atoms with Crippen molar-refractivity contribution >= 4 is 11.6 Å². The summed E-state index contributed by atoms with van der Waals surface area (Å²) in [7, 11) is 0. The fourth-order valence-corrected chi connectivity index (χ4v) is 1.81. The minimum atomic E-state index is -0.963.